The molecule has 0 saturated heterocycles. The fraction of sp³-hybridized carbons (Fsp3) is 0.381. The second kappa shape index (κ2) is 8.99. The topological polar surface area (TPSA) is 47.6 Å². The van der Waals surface area contributed by atoms with Crippen LogP contribution in [0.15, 0.2) is 47.4 Å². The highest BCUT2D eigenvalue weighted by atomic mass is 32.2. The number of hydrogen-bond donors (Lipinski definition) is 1. The van der Waals surface area contributed by atoms with Crippen LogP contribution in [-0.4, -0.2) is 24.9 Å². The molecule has 138 valence electrons. The summed E-state index contributed by atoms with van der Waals surface area (Å²) in [6.07, 6.45) is 5.11. The molecule has 1 amide bonds. The molecule has 26 heavy (non-hydrogen) atoms. The second-order valence-electron chi connectivity index (χ2n) is 6.27. The van der Waals surface area contributed by atoms with E-state index in [1.54, 1.807) is 25.3 Å². The Kier molecular flexibility index (Phi) is 6.45. The van der Waals surface area contributed by atoms with Gasteiger partial charge in [-0.25, -0.2) is 0 Å². The zero-order valence-corrected chi connectivity index (χ0v) is 16.1. The summed E-state index contributed by atoms with van der Waals surface area (Å²) in [5.74, 6) is 1.06. The first-order chi connectivity index (χ1) is 12.7. The average molecular weight is 372 g/mol. The number of hydrogen-bond acceptors (Lipinski definition) is 4. The smallest absolute Gasteiger partial charge is 0.255 e. The van der Waals surface area contributed by atoms with Gasteiger partial charge in [0.2, 0.25) is 0 Å². The molecule has 0 bridgehead atoms. The molecule has 0 aromatic heterocycles. The molecule has 5 heteroatoms. The van der Waals surface area contributed by atoms with Crippen LogP contribution in [0.4, 0.5) is 5.69 Å². The Labute approximate surface area is 159 Å². The summed E-state index contributed by atoms with van der Waals surface area (Å²) in [4.78, 5) is 13.9. The van der Waals surface area contributed by atoms with E-state index in [1.165, 1.54) is 25.7 Å². The van der Waals surface area contributed by atoms with Crippen LogP contribution in [-0.2, 0) is 0 Å². The van der Waals surface area contributed by atoms with Gasteiger partial charge in [0.05, 0.1) is 19.4 Å². The molecule has 1 saturated carbocycles. The number of amides is 1. The first kappa shape index (κ1) is 18.6. The Hall–Kier alpha value is -2.14. The van der Waals surface area contributed by atoms with Crippen LogP contribution >= 0.6 is 11.8 Å². The standard InChI is InChI=1S/C21H25NO3S/c1-3-25-18-13-12-15(14-19(18)24-2)21(23)22-17-10-6-7-11-20(17)26-16-8-4-5-9-16/h6-7,10-14,16H,3-5,8-9H2,1-2H3,(H,22,23). The summed E-state index contributed by atoms with van der Waals surface area (Å²) in [5.41, 5.74) is 1.41. The molecular weight excluding hydrogens is 346 g/mol. The molecular formula is C21H25NO3S. The molecule has 1 fully saturated rings. The molecule has 0 heterocycles. The molecule has 0 unspecified atom stereocenters. The van der Waals surface area contributed by atoms with Crippen molar-refractivity contribution in [3.63, 3.8) is 0 Å². The maximum atomic E-state index is 12.7. The number of methoxy groups -OCH3 is 1. The Balaban J connectivity index is 1.75. The Morgan fingerprint density at radius 3 is 2.65 bits per heavy atom. The van der Waals surface area contributed by atoms with E-state index < -0.39 is 0 Å². The van der Waals surface area contributed by atoms with Crippen LogP contribution in [0.2, 0.25) is 0 Å². The van der Waals surface area contributed by atoms with Crippen molar-refractivity contribution >= 4 is 23.4 Å². The lowest BCUT2D eigenvalue weighted by atomic mass is 10.2. The number of carbonyl (C=O) groups is 1. The second-order valence-corrected chi connectivity index (χ2v) is 7.62. The predicted octanol–water partition coefficient (Wildman–Crippen LogP) is 5.38. The van der Waals surface area contributed by atoms with E-state index in [9.17, 15) is 4.79 Å². The number of benzene rings is 2. The van der Waals surface area contributed by atoms with Gasteiger partial charge >= 0.3 is 0 Å². The molecule has 1 aliphatic carbocycles. The summed E-state index contributed by atoms with van der Waals surface area (Å²) in [7, 11) is 1.58. The van der Waals surface area contributed by atoms with Crippen molar-refractivity contribution in [2.45, 2.75) is 42.8 Å². The number of anilines is 1. The van der Waals surface area contributed by atoms with E-state index in [0.717, 1.165) is 10.6 Å². The van der Waals surface area contributed by atoms with Gasteiger partial charge < -0.3 is 14.8 Å². The van der Waals surface area contributed by atoms with E-state index in [-0.39, 0.29) is 5.91 Å². The molecule has 0 radical (unpaired) electrons. The third-order valence-corrected chi connectivity index (χ3v) is 5.87. The molecule has 4 nitrogen and oxygen atoms in total. The largest absolute Gasteiger partial charge is 0.493 e. The lowest BCUT2D eigenvalue weighted by Crippen LogP contribution is -2.13. The Morgan fingerprint density at radius 2 is 1.92 bits per heavy atom. The quantitative estimate of drug-likeness (QED) is 0.710. The lowest BCUT2D eigenvalue weighted by Gasteiger charge is -2.15. The van der Waals surface area contributed by atoms with Crippen molar-refractivity contribution in [3.05, 3.63) is 48.0 Å². The van der Waals surface area contributed by atoms with E-state index in [2.05, 4.69) is 11.4 Å². The first-order valence-electron chi connectivity index (χ1n) is 9.09. The molecule has 1 aliphatic rings. The van der Waals surface area contributed by atoms with Crippen molar-refractivity contribution in [2.75, 3.05) is 19.0 Å². The molecule has 1 N–H and O–H groups in total. The zero-order chi connectivity index (χ0) is 18.4. The normalized spacial score (nSPS) is 14.2. The maximum Gasteiger partial charge on any atom is 0.255 e. The van der Waals surface area contributed by atoms with Gasteiger partial charge in [-0.15, -0.1) is 11.8 Å². The van der Waals surface area contributed by atoms with Gasteiger partial charge in [0.15, 0.2) is 11.5 Å². The van der Waals surface area contributed by atoms with E-state index in [0.29, 0.717) is 28.9 Å². The Morgan fingerprint density at radius 1 is 1.15 bits per heavy atom. The van der Waals surface area contributed by atoms with Gasteiger partial charge in [-0.3, -0.25) is 4.79 Å². The van der Waals surface area contributed by atoms with E-state index in [4.69, 9.17) is 9.47 Å². The van der Waals surface area contributed by atoms with Crippen LogP contribution in [0.5, 0.6) is 11.5 Å². The third kappa shape index (κ3) is 4.52. The van der Waals surface area contributed by atoms with Crippen LogP contribution in [0.25, 0.3) is 0 Å². The highest BCUT2D eigenvalue weighted by Gasteiger charge is 2.18. The number of thioether (sulfide) groups is 1. The maximum absolute atomic E-state index is 12.7. The van der Waals surface area contributed by atoms with Crippen molar-refractivity contribution in [1.82, 2.24) is 0 Å². The van der Waals surface area contributed by atoms with Crippen LogP contribution in [0.3, 0.4) is 0 Å². The van der Waals surface area contributed by atoms with Crippen molar-refractivity contribution in [2.24, 2.45) is 0 Å². The van der Waals surface area contributed by atoms with Crippen molar-refractivity contribution in [1.29, 1.82) is 0 Å². The predicted molar refractivity (Wildman–Crippen MR) is 107 cm³/mol. The molecule has 3 rings (SSSR count). The van der Waals surface area contributed by atoms with Gasteiger partial charge in [-0.2, -0.15) is 0 Å². The van der Waals surface area contributed by atoms with Gasteiger partial charge in [-0.1, -0.05) is 25.0 Å². The SMILES string of the molecule is CCOc1ccc(C(=O)Nc2ccccc2SC2CCCC2)cc1OC. The highest BCUT2D eigenvalue weighted by molar-refractivity contribution is 8.00. The summed E-state index contributed by atoms with van der Waals surface area (Å²) < 4.78 is 10.9. The minimum atomic E-state index is -0.147. The molecule has 2 aromatic rings. The average Bonchev–Trinajstić information content (AvgIpc) is 3.17. The number of carbonyl (C=O) groups excluding carboxylic acids is 1. The summed E-state index contributed by atoms with van der Waals surface area (Å²) in [6.45, 7) is 2.46. The Bertz CT molecular complexity index is 757. The van der Waals surface area contributed by atoms with Crippen LogP contribution < -0.4 is 14.8 Å². The number of nitrogens with one attached hydrogen (secondary N) is 1. The van der Waals surface area contributed by atoms with E-state index >= 15 is 0 Å². The van der Waals surface area contributed by atoms with Gasteiger partial charge in [-0.05, 0) is 50.1 Å². The molecule has 0 spiro atoms. The van der Waals surface area contributed by atoms with Crippen LogP contribution in [0.1, 0.15) is 43.0 Å². The van der Waals surface area contributed by atoms with E-state index in [1.807, 2.05) is 36.9 Å². The fourth-order valence-corrected chi connectivity index (χ4v) is 4.47. The van der Waals surface area contributed by atoms with Crippen LogP contribution in [0, 0.1) is 0 Å². The monoisotopic (exact) mass is 371 g/mol. The van der Waals surface area contributed by atoms with Crippen molar-refractivity contribution in [3.8, 4) is 11.5 Å². The van der Waals surface area contributed by atoms with Crippen molar-refractivity contribution < 1.29 is 14.3 Å². The van der Waals surface area contributed by atoms with Gasteiger partial charge in [0.25, 0.3) is 5.91 Å². The molecule has 0 aliphatic heterocycles. The third-order valence-electron chi connectivity index (χ3n) is 4.46. The number of rotatable bonds is 7. The number of ether oxygens (including phenoxy) is 2. The summed E-state index contributed by atoms with van der Waals surface area (Å²) >= 11 is 1.87. The summed E-state index contributed by atoms with van der Waals surface area (Å²) in [5, 5.41) is 3.70. The molecule has 0 atom stereocenters. The minimum absolute atomic E-state index is 0.147. The number of para-hydroxylation sites is 1. The first-order valence-corrected chi connectivity index (χ1v) is 9.97. The fourth-order valence-electron chi connectivity index (χ4n) is 3.14. The lowest BCUT2D eigenvalue weighted by molar-refractivity contribution is 0.102. The molecule has 2 aromatic carbocycles. The van der Waals surface area contributed by atoms with Gasteiger partial charge in [0, 0.05) is 15.7 Å². The van der Waals surface area contributed by atoms with Gasteiger partial charge in [0.1, 0.15) is 0 Å². The highest BCUT2D eigenvalue weighted by Crippen LogP contribution is 2.38. The zero-order valence-electron chi connectivity index (χ0n) is 15.3. The summed E-state index contributed by atoms with van der Waals surface area (Å²) in [6, 6.07) is 13.3. The minimum Gasteiger partial charge on any atom is -0.493 e.